The molecule has 0 radical (unpaired) electrons. The van der Waals surface area contributed by atoms with Crippen molar-refractivity contribution < 1.29 is 80.2 Å². The highest BCUT2D eigenvalue weighted by atomic mass is 31.2. The maximum atomic E-state index is 13.1. The largest absolute Gasteiger partial charge is 0.472 e. The Balaban J connectivity index is 5.41. The zero-order chi connectivity index (χ0) is 77.4. The fraction of sp³-hybridized carbons (Fsp3) is 0.724. The Hall–Kier alpha value is -4.54. The molecule has 0 saturated carbocycles. The predicted octanol–water partition coefficient (Wildman–Crippen LogP) is 24.7. The van der Waals surface area contributed by atoms with Gasteiger partial charge in [0.15, 0.2) is 12.2 Å². The van der Waals surface area contributed by atoms with Gasteiger partial charge in [-0.2, -0.15) is 0 Å². The van der Waals surface area contributed by atoms with Crippen molar-refractivity contribution >= 4 is 39.5 Å². The summed E-state index contributed by atoms with van der Waals surface area (Å²) >= 11 is 0. The van der Waals surface area contributed by atoms with Gasteiger partial charge in [0, 0.05) is 25.7 Å². The maximum absolute atomic E-state index is 13.1. The Bertz CT molecular complexity index is 2480. The number of carbonyl (C=O) groups excluding carboxylic acids is 4. The molecule has 5 atom stereocenters. The molecule has 0 aromatic heterocycles. The molecule has 0 amide bonds. The minimum Gasteiger partial charge on any atom is -0.462 e. The molecule has 17 nitrogen and oxygen atoms in total. The Kier molecular flexibility index (Phi) is 75.2. The molecule has 0 bridgehead atoms. The summed E-state index contributed by atoms with van der Waals surface area (Å²) in [6.07, 6.45) is 87.3. The number of hydrogen-bond acceptors (Lipinski definition) is 15. The van der Waals surface area contributed by atoms with Crippen molar-refractivity contribution in [1.82, 2.24) is 0 Å². The first-order valence-electron chi connectivity index (χ1n) is 41.8. The zero-order valence-electron chi connectivity index (χ0n) is 66.8. The van der Waals surface area contributed by atoms with Gasteiger partial charge in [-0.1, -0.05) is 290 Å². The molecule has 0 spiro atoms. The van der Waals surface area contributed by atoms with E-state index in [0.29, 0.717) is 25.7 Å². The number of allylic oxidation sites excluding steroid dienone is 20. The van der Waals surface area contributed by atoms with Crippen molar-refractivity contribution in [2.45, 2.75) is 367 Å². The van der Waals surface area contributed by atoms with E-state index < -0.39 is 97.5 Å². The third-order valence-corrected chi connectivity index (χ3v) is 19.3. The van der Waals surface area contributed by atoms with Crippen LogP contribution in [0.5, 0.6) is 0 Å². The van der Waals surface area contributed by atoms with Gasteiger partial charge in [0.1, 0.15) is 19.3 Å². The molecule has 0 saturated heterocycles. The van der Waals surface area contributed by atoms with Crippen LogP contribution in [-0.2, 0) is 65.4 Å². The number of phosphoric acid groups is 2. The molecule has 610 valence electrons. The lowest BCUT2D eigenvalue weighted by molar-refractivity contribution is -0.161. The smallest absolute Gasteiger partial charge is 0.462 e. The quantitative estimate of drug-likeness (QED) is 0.0169. The van der Waals surface area contributed by atoms with Gasteiger partial charge in [0.05, 0.1) is 26.4 Å². The second-order valence-corrected chi connectivity index (χ2v) is 30.6. The van der Waals surface area contributed by atoms with E-state index in [-0.39, 0.29) is 25.7 Å². The van der Waals surface area contributed by atoms with Crippen LogP contribution in [0.2, 0.25) is 0 Å². The first-order chi connectivity index (χ1) is 51.7. The van der Waals surface area contributed by atoms with E-state index in [1.807, 2.05) is 0 Å². The maximum Gasteiger partial charge on any atom is 0.472 e. The molecule has 0 aliphatic rings. The molecule has 0 aliphatic heterocycles. The lowest BCUT2D eigenvalue weighted by atomic mass is 10.1. The van der Waals surface area contributed by atoms with Gasteiger partial charge in [-0.25, -0.2) is 9.13 Å². The molecular weight excluding hydrogens is 1380 g/mol. The summed E-state index contributed by atoms with van der Waals surface area (Å²) in [5.41, 5.74) is 0. The van der Waals surface area contributed by atoms with Crippen molar-refractivity contribution in [2.24, 2.45) is 0 Å². The summed E-state index contributed by atoms with van der Waals surface area (Å²) in [5, 5.41) is 10.7. The molecule has 5 unspecified atom stereocenters. The lowest BCUT2D eigenvalue weighted by Crippen LogP contribution is -2.30. The van der Waals surface area contributed by atoms with Gasteiger partial charge >= 0.3 is 39.5 Å². The van der Waals surface area contributed by atoms with Crippen molar-refractivity contribution in [3.63, 3.8) is 0 Å². The number of phosphoric ester groups is 2. The van der Waals surface area contributed by atoms with Crippen LogP contribution >= 0.6 is 15.6 Å². The Morgan fingerprint density at radius 3 is 0.774 bits per heavy atom. The third kappa shape index (κ3) is 77.6. The van der Waals surface area contributed by atoms with Gasteiger partial charge in [0.25, 0.3) is 0 Å². The van der Waals surface area contributed by atoms with Crippen LogP contribution in [0.15, 0.2) is 122 Å². The second-order valence-electron chi connectivity index (χ2n) is 27.6. The third-order valence-electron chi connectivity index (χ3n) is 17.4. The van der Waals surface area contributed by atoms with Crippen LogP contribution in [0.1, 0.15) is 349 Å². The van der Waals surface area contributed by atoms with E-state index in [2.05, 4.69) is 149 Å². The highest BCUT2D eigenvalue weighted by Crippen LogP contribution is 2.45. The summed E-state index contributed by atoms with van der Waals surface area (Å²) in [4.78, 5) is 73.2. The highest BCUT2D eigenvalue weighted by molar-refractivity contribution is 7.47. The van der Waals surface area contributed by atoms with Gasteiger partial charge in [0.2, 0.25) is 0 Å². The first kappa shape index (κ1) is 101. The molecule has 19 heteroatoms. The van der Waals surface area contributed by atoms with E-state index in [0.717, 1.165) is 193 Å². The van der Waals surface area contributed by atoms with Crippen LogP contribution in [-0.4, -0.2) is 96.7 Å². The molecule has 0 fully saturated rings. The summed E-state index contributed by atoms with van der Waals surface area (Å²) < 4.78 is 68.7. The standard InChI is InChI=1S/C87H150O17P2/c1-5-9-13-17-21-25-29-33-37-39-40-42-45-48-52-56-60-64-68-72-85(90)98-78-83(104-87(92)74-70-66-62-58-54-50-46-41-38-34-30-26-22-18-14-10-6-2)80-102-106(95,96)100-76-81(88)75-99-105(93,94)101-79-82(103-86(91)73-69-65-61-57-53-49-44-36-32-28-24-20-16-12-8-4)77-97-84(89)71-67-63-59-55-51-47-43-35-31-27-23-19-15-11-7-3/h9-10,13-14,21-22,25-26,33-38,40,42-44,48,52,81-83,88H,5-8,11-12,15-20,23-24,27-32,39,41,45-47,49-51,53-80H2,1-4H3,(H,93,94)(H,95,96)/b13-9-,14-10-,25-21-,26-22-,37-33-,38-34-,42-40-,43-35-,44-36-,52-48-. The molecule has 0 aromatic carbocycles. The van der Waals surface area contributed by atoms with Gasteiger partial charge in [-0.15, -0.1) is 0 Å². The average molecular weight is 1530 g/mol. The minimum atomic E-state index is -4.99. The van der Waals surface area contributed by atoms with Crippen LogP contribution in [0.4, 0.5) is 0 Å². The number of rotatable bonds is 78. The van der Waals surface area contributed by atoms with Crippen LogP contribution in [0.3, 0.4) is 0 Å². The summed E-state index contributed by atoms with van der Waals surface area (Å²) in [5.74, 6) is -2.23. The molecule has 0 rings (SSSR count). The van der Waals surface area contributed by atoms with Gasteiger partial charge < -0.3 is 33.8 Å². The van der Waals surface area contributed by atoms with E-state index in [4.69, 9.17) is 37.0 Å². The Labute approximate surface area is 644 Å². The number of aliphatic hydroxyl groups is 1. The monoisotopic (exact) mass is 1530 g/mol. The van der Waals surface area contributed by atoms with Crippen molar-refractivity contribution in [3.8, 4) is 0 Å². The van der Waals surface area contributed by atoms with Crippen LogP contribution < -0.4 is 0 Å². The predicted molar refractivity (Wildman–Crippen MR) is 436 cm³/mol. The summed E-state index contributed by atoms with van der Waals surface area (Å²) in [6.45, 7) is 4.62. The summed E-state index contributed by atoms with van der Waals surface area (Å²) in [7, 11) is -9.98. The second kappa shape index (κ2) is 78.6. The minimum absolute atomic E-state index is 0.0735. The summed E-state index contributed by atoms with van der Waals surface area (Å²) in [6, 6.07) is 0. The van der Waals surface area contributed by atoms with Crippen molar-refractivity contribution in [1.29, 1.82) is 0 Å². The number of hydrogen-bond donors (Lipinski definition) is 3. The SMILES string of the molecule is CC/C=C\C/C=C\C/C=C\C/C=C\C/C=C\CCCCCC(=O)OCC(COP(=O)(O)OCC(O)COP(=O)(O)OCC(COC(=O)CCCCCCC/C=C\CCCCCCCC)OC(=O)CCCCCCC/C=C\CCCCCCCC)OC(=O)CCCCCCCCC/C=C\C/C=C\C/C=C\CC. The fourth-order valence-electron chi connectivity index (χ4n) is 11.1. The molecule has 0 aliphatic carbocycles. The van der Waals surface area contributed by atoms with E-state index in [1.165, 1.54) is 77.0 Å². The van der Waals surface area contributed by atoms with E-state index >= 15 is 0 Å². The lowest BCUT2D eigenvalue weighted by Gasteiger charge is -2.21. The van der Waals surface area contributed by atoms with Crippen molar-refractivity contribution in [3.05, 3.63) is 122 Å². The van der Waals surface area contributed by atoms with Gasteiger partial charge in [-0.05, 0) is 154 Å². The van der Waals surface area contributed by atoms with Crippen LogP contribution in [0, 0.1) is 0 Å². The zero-order valence-corrected chi connectivity index (χ0v) is 68.6. The number of esters is 4. The van der Waals surface area contributed by atoms with E-state index in [1.54, 1.807) is 0 Å². The van der Waals surface area contributed by atoms with Crippen molar-refractivity contribution in [2.75, 3.05) is 39.6 Å². The topological polar surface area (TPSA) is 237 Å². The molecule has 106 heavy (non-hydrogen) atoms. The first-order valence-corrected chi connectivity index (χ1v) is 44.8. The number of ether oxygens (including phenoxy) is 4. The fourth-order valence-corrected chi connectivity index (χ4v) is 12.7. The number of aliphatic hydroxyl groups excluding tert-OH is 1. The van der Waals surface area contributed by atoms with Crippen LogP contribution in [0.25, 0.3) is 0 Å². The number of carbonyl (C=O) groups is 4. The van der Waals surface area contributed by atoms with E-state index in [9.17, 15) is 43.2 Å². The van der Waals surface area contributed by atoms with Gasteiger partial charge in [-0.3, -0.25) is 37.3 Å². The molecular formula is C87H150O17P2. The number of unbranched alkanes of at least 4 members (excludes halogenated alkanes) is 32. The molecule has 0 heterocycles. The molecule has 3 N–H and O–H groups in total. The Morgan fingerprint density at radius 2 is 0.491 bits per heavy atom. The normalized spacial score (nSPS) is 14.4. The highest BCUT2D eigenvalue weighted by Gasteiger charge is 2.30. The molecule has 0 aromatic rings. The average Bonchev–Trinajstić information content (AvgIpc) is 0.902. The Morgan fingerprint density at radius 1 is 0.274 bits per heavy atom.